The molecule has 7 nitrogen and oxygen atoms in total. The quantitative estimate of drug-likeness (QED) is 0.871. The summed E-state index contributed by atoms with van der Waals surface area (Å²) >= 11 is 0. The molecule has 0 spiro atoms. The van der Waals surface area contributed by atoms with Crippen LogP contribution in [0.25, 0.3) is 11.3 Å². The van der Waals surface area contributed by atoms with Crippen molar-refractivity contribution in [3.63, 3.8) is 0 Å². The summed E-state index contributed by atoms with van der Waals surface area (Å²) in [5.41, 5.74) is 2.52. The minimum absolute atomic E-state index is 0.207. The van der Waals surface area contributed by atoms with Gasteiger partial charge in [-0.05, 0) is 30.2 Å². The van der Waals surface area contributed by atoms with E-state index in [1.807, 2.05) is 38.1 Å². The van der Waals surface area contributed by atoms with Crippen molar-refractivity contribution in [2.75, 3.05) is 7.11 Å². The minimum atomic E-state index is -0.568. The highest BCUT2D eigenvalue weighted by Gasteiger charge is 2.29. The lowest BCUT2D eigenvalue weighted by molar-refractivity contribution is -0.131. The molecule has 0 fully saturated rings. The molecular formula is C18H21N3O4. The van der Waals surface area contributed by atoms with Gasteiger partial charge in [0.1, 0.15) is 11.4 Å². The van der Waals surface area contributed by atoms with E-state index in [9.17, 15) is 4.79 Å². The number of aromatic nitrogens is 1. The molecule has 1 N–H and O–H groups in total. The minimum Gasteiger partial charge on any atom is -0.497 e. The Kier molecular flexibility index (Phi) is 5.02. The lowest BCUT2D eigenvalue weighted by Crippen LogP contribution is -2.34. The zero-order valence-corrected chi connectivity index (χ0v) is 14.5. The van der Waals surface area contributed by atoms with Gasteiger partial charge in [-0.1, -0.05) is 24.2 Å². The molecule has 0 saturated carbocycles. The van der Waals surface area contributed by atoms with Crippen LogP contribution in [0.5, 0.6) is 5.75 Å². The van der Waals surface area contributed by atoms with Gasteiger partial charge in [-0.15, -0.1) is 0 Å². The van der Waals surface area contributed by atoms with Crippen molar-refractivity contribution in [1.82, 2.24) is 10.5 Å². The van der Waals surface area contributed by atoms with Crippen LogP contribution in [0.2, 0.25) is 0 Å². The van der Waals surface area contributed by atoms with Crippen LogP contribution in [0.4, 0.5) is 0 Å². The molecular weight excluding hydrogens is 322 g/mol. The molecule has 0 aliphatic carbocycles. The van der Waals surface area contributed by atoms with E-state index in [-0.39, 0.29) is 18.4 Å². The molecule has 0 unspecified atom stereocenters. The Morgan fingerprint density at radius 1 is 1.36 bits per heavy atom. The first-order valence-corrected chi connectivity index (χ1v) is 8.17. The highest BCUT2D eigenvalue weighted by atomic mass is 16.6. The first-order valence-electron chi connectivity index (χ1n) is 8.17. The van der Waals surface area contributed by atoms with Crippen LogP contribution in [-0.2, 0) is 16.2 Å². The second-order valence-electron chi connectivity index (χ2n) is 6.16. The van der Waals surface area contributed by atoms with Gasteiger partial charge >= 0.3 is 0 Å². The first kappa shape index (κ1) is 17.0. The summed E-state index contributed by atoms with van der Waals surface area (Å²) in [6, 6.07) is 9.31. The van der Waals surface area contributed by atoms with Crippen molar-refractivity contribution in [2.24, 2.45) is 11.1 Å². The van der Waals surface area contributed by atoms with Gasteiger partial charge < -0.3 is 19.4 Å². The topological polar surface area (TPSA) is 86.0 Å². The van der Waals surface area contributed by atoms with Crippen LogP contribution in [0, 0.1) is 5.92 Å². The van der Waals surface area contributed by atoms with E-state index < -0.39 is 6.10 Å². The smallest absolute Gasteiger partial charge is 0.264 e. The summed E-state index contributed by atoms with van der Waals surface area (Å²) in [4.78, 5) is 17.3. The lowest BCUT2D eigenvalue weighted by Gasteiger charge is -2.08. The fraction of sp³-hybridized carbons (Fsp3) is 0.389. The molecule has 1 aliphatic heterocycles. The maximum absolute atomic E-state index is 12.1. The van der Waals surface area contributed by atoms with E-state index in [1.165, 1.54) is 0 Å². The summed E-state index contributed by atoms with van der Waals surface area (Å²) in [6.45, 7) is 4.30. The molecule has 0 saturated heterocycles. The van der Waals surface area contributed by atoms with Crippen LogP contribution >= 0.6 is 0 Å². The van der Waals surface area contributed by atoms with E-state index in [1.54, 1.807) is 13.2 Å². The molecule has 1 aromatic heterocycles. The maximum Gasteiger partial charge on any atom is 0.264 e. The molecule has 25 heavy (non-hydrogen) atoms. The zero-order chi connectivity index (χ0) is 17.8. The summed E-state index contributed by atoms with van der Waals surface area (Å²) in [5, 5.41) is 10.8. The lowest BCUT2D eigenvalue weighted by atomic mass is 10.0. The van der Waals surface area contributed by atoms with Crippen molar-refractivity contribution in [3.8, 4) is 17.0 Å². The summed E-state index contributed by atoms with van der Waals surface area (Å²) in [7, 11) is 1.62. The van der Waals surface area contributed by atoms with Crippen molar-refractivity contribution < 1.29 is 18.9 Å². The Hall–Kier alpha value is -2.83. The van der Waals surface area contributed by atoms with Gasteiger partial charge in [0, 0.05) is 18.1 Å². The molecule has 0 radical (unpaired) electrons. The fourth-order valence-corrected chi connectivity index (χ4v) is 2.46. The number of oxime groups is 1. The third kappa shape index (κ3) is 3.99. The monoisotopic (exact) mass is 343 g/mol. The number of benzene rings is 1. The number of ether oxygens (including phenoxy) is 1. The Bertz CT molecular complexity index is 765. The number of nitrogens with one attached hydrogen (secondary N) is 1. The summed E-state index contributed by atoms with van der Waals surface area (Å²) < 4.78 is 10.4. The Labute approximate surface area is 146 Å². The normalized spacial score (nSPS) is 16.5. The van der Waals surface area contributed by atoms with Crippen LogP contribution in [0.1, 0.15) is 26.0 Å². The number of rotatable bonds is 6. The van der Waals surface area contributed by atoms with E-state index in [0.29, 0.717) is 17.9 Å². The van der Waals surface area contributed by atoms with Gasteiger partial charge in [0.25, 0.3) is 5.91 Å². The Morgan fingerprint density at radius 2 is 2.12 bits per heavy atom. The molecule has 1 aliphatic rings. The van der Waals surface area contributed by atoms with Crippen molar-refractivity contribution in [1.29, 1.82) is 0 Å². The van der Waals surface area contributed by atoms with Gasteiger partial charge in [-0.2, -0.15) is 0 Å². The average molecular weight is 343 g/mol. The molecule has 2 heterocycles. The molecule has 1 aromatic carbocycles. The molecule has 1 atom stereocenters. The van der Waals surface area contributed by atoms with Gasteiger partial charge in [-0.3, -0.25) is 4.79 Å². The number of hydrogen-bond acceptors (Lipinski definition) is 6. The van der Waals surface area contributed by atoms with E-state index in [0.717, 1.165) is 17.0 Å². The second kappa shape index (κ2) is 7.38. The van der Waals surface area contributed by atoms with Gasteiger partial charge in [0.2, 0.25) is 6.10 Å². The van der Waals surface area contributed by atoms with Crippen molar-refractivity contribution in [3.05, 3.63) is 36.1 Å². The van der Waals surface area contributed by atoms with Crippen LogP contribution < -0.4 is 10.1 Å². The number of methoxy groups -OCH3 is 1. The number of carbonyl (C=O) groups excluding carboxylic acids is 1. The van der Waals surface area contributed by atoms with Gasteiger partial charge in [0.05, 0.1) is 19.4 Å². The van der Waals surface area contributed by atoms with Crippen LogP contribution in [0.3, 0.4) is 0 Å². The van der Waals surface area contributed by atoms with Crippen molar-refractivity contribution >= 4 is 11.6 Å². The predicted molar refractivity (Wildman–Crippen MR) is 92.1 cm³/mol. The average Bonchev–Trinajstić information content (AvgIpc) is 3.29. The van der Waals surface area contributed by atoms with Crippen molar-refractivity contribution in [2.45, 2.75) is 32.9 Å². The Morgan fingerprint density at radius 3 is 2.76 bits per heavy atom. The van der Waals surface area contributed by atoms with Gasteiger partial charge in [0.15, 0.2) is 5.76 Å². The Balaban J connectivity index is 1.54. The third-order valence-electron chi connectivity index (χ3n) is 4.03. The number of nitrogens with zero attached hydrogens (tertiary/aromatic N) is 2. The zero-order valence-electron chi connectivity index (χ0n) is 14.5. The molecule has 0 bridgehead atoms. The van der Waals surface area contributed by atoms with E-state index >= 15 is 0 Å². The number of amides is 1. The molecule has 132 valence electrons. The standard InChI is InChI=1S/C18H21N3O4/c1-11(2)15-9-17(25-20-15)18(22)19-10-14-8-16(21-24-14)12-4-6-13(23-3)7-5-12/h4-8,11,17H,9-10H2,1-3H3,(H,19,22)/t17-/m0/s1. The highest BCUT2D eigenvalue weighted by molar-refractivity contribution is 5.93. The third-order valence-corrected chi connectivity index (χ3v) is 4.03. The van der Waals surface area contributed by atoms with E-state index in [4.69, 9.17) is 14.1 Å². The maximum atomic E-state index is 12.1. The fourth-order valence-electron chi connectivity index (χ4n) is 2.46. The molecule has 7 heteroatoms. The second-order valence-corrected chi connectivity index (χ2v) is 6.16. The molecule has 2 aromatic rings. The van der Waals surface area contributed by atoms with Gasteiger partial charge in [-0.25, -0.2) is 0 Å². The number of hydrogen-bond donors (Lipinski definition) is 1. The summed E-state index contributed by atoms with van der Waals surface area (Å²) in [6.07, 6.45) is -0.0434. The predicted octanol–water partition coefficient (Wildman–Crippen LogP) is 2.77. The molecule has 3 rings (SSSR count). The number of carbonyl (C=O) groups is 1. The SMILES string of the molecule is COc1ccc(-c2cc(CNC(=O)[C@@H]3CC(C(C)C)=NO3)on2)cc1. The highest BCUT2D eigenvalue weighted by Crippen LogP contribution is 2.22. The largest absolute Gasteiger partial charge is 0.497 e. The van der Waals surface area contributed by atoms with Crippen LogP contribution in [-0.4, -0.2) is 30.0 Å². The first-order chi connectivity index (χ1) is 12.1. The van der Waals surface area contributed by atoms with E-state index in [2.05, 4.69) is 15.6 Å². The molecule has 1 amide bonds. The summed E-state index contributed by atoms with van der Waals surface area (Å²) in [5.74, 6) is 1.42. The van der Waals surface area contributed by atoms with Crippen LogP contribution in [0.15, 0.2) is 40.0 Å².